The van der Waals surface area contributed by atoms with Crippen LogP contribution in [0.1, 0.15) is 26.4 Å². The summed E-state index contributed by atoms with van der Waals surface area (Å²) in [6, 6.07) is 6.18. The maximum Gasteiger partial charge on any atom is 0.339 e. The lowest BCUT2D eigenvalue weighted by Gasteiger charge is -2.06. The summed E-state index contributed by atoms with van der Waals surface area (Å²) >= 11 is 1.22. The van der Waals surface area contributed by atoms with Crippen LogP contribution in [0.15, 0.2) is 40.5 Å². The van der Waals surface area contributed by atoms with Gasteiger partial charge in [-0.25, -0.2) is 19.6 Å². The number of methoxy groups -OCH3 is 1. The molecule has 2 aromatic rings. The SMILES string of the molecule is COC(=O)c1ccc(Sc2cc(C(=O)O)ccn2)nc1C. The van der Waals surface area contributed by atoms with Gasteiger partial charge in [-0.3, -0.25) is 0 Å². The van der Waals surface area contributed by atoms with Crippen molar-refractivity contribution in [2.75, 3.05) is 7.11 Å². The molecule has 0 bridgehead atoms. The number of aromatic nitrogens is 2. The number of aromatic carboxylic acids is 1. The first-order valence-corrected chi connectivity index (χ1v) is 6.76. The summed E-state index contributed by atoms with van der Waals surface area (Å²) in [4.78, 5) is 30.8. The molecule has 0 amide bonds. The highest BCUT2D eigenvalue weighted by molar-refractivity contribution is 7.99. The van der Waals surface area contributed by atoms with E-state index in [9.17, 15) is 9.59 Å². The van der Waals surface area contributed by atoms with Crippen molar-refractivity contribution in [2.45, 2.75) is 17.0 Å². The van der Waals surface area contributed by atoms with Gasteiger partial charge >= 0.3 is 11.9 Å². The first kappa shape index (κ1) is 15.0. The number of carbonyl (C=O) groups excluding carboxylic acids is 1. The van der Waals surface area contributed by atoms with Crippen LogP contribution in [0.2, 0.25) is 0 Å². The monoisotopic (exact) mass is 304 g/mol. The molecular formula is C14H12N2O4S. The van der Waals surface area contributed by atoms with E-state index in [-0.39, 0.29) is 5.56 Å². The Hall–Kier alpha value is -2.41. The number of hydrogen-bond donors (Lipinski definition) is 1. The quantitative estimate of drug-likeness (QED) is 0.867. The van der Waals surface area contributed by atoms with Crippen molar-refractivity contribution in [3.05, 3.63) is 47.3 Å². The van der Waals surface area contributed by atoms with Gasteiger partial charge in [-0.1, -0.05) is 11.8 Å². The first-order chi connectivity index (χ1) is 10.0. The Morgan fingerprint density at radius 3 is 2.62 bits per heavy atom. The highest BCUT2D eigenvalue weighted by Gasteiger charge is 2.12. The van der Waals surface area contributed by atoms with E-state index in [1.165, 1.54) is 37.2 Å². The smallest absolute Gasteiger partial charge is 0.339 e. The molecule has 0 aromatic carbocycles. The lowest BCUT2D eigenvalue weighted by Crippen LogP contribution is -2.05. The van der Waals surface area contributed by atoms with Crippen LogP contribution in [0.25, 0.3) is 0 Å². The van der Waals surface area contributed by atoms with Crippen LogP contribution in [0.4, 0.5) is 0 Å². The van der Waals surface area contributed by atoms with E-state index in [0.29, 0.717) is 21.3 Å². The number of ether oxygens (including phenoxy) is 1. The Bertz CT molecular complexity index is 703. The highest BCUT2D eigenvalue weighted by Crippen LogP contribution is 2.25. The zero-order valence-electron chi connectivity index (χ0n) is 11.4. The first-order valence-electron chi connectivity index (χ1n) is 5.94. The number of pyridine rings is 2. The van der Waals surface area contributed by atoms with Gasteiger partial charge in [-0.05, 0) is 31.2 Å². The maximum atomic E-state index is 11.5. The Kier molecular flexibility index (Phi) is 4.54. The fraction of sp³-hybridized carbons (Fsp3) is 0.143. The average molecular weight is 304 g/mol. The third kappa shape index (κ3) is 3.57. The molecule has 0 unspecified atom stereocenters. The number of esters is 1. The number of rotatable bonds is 4. The third-order valence-corrected chi connectivity index (χ3v) is 3.53. The molecule has 6 nitrogen and oxygen atoms in total. The standard InChI is InChI=1S/C14H12N2O4S/c1-8-10(14(19)20-2)3-4-11(16-8)21-12-7-9(13(17)18)5-6-15-12/h3-7H,1-2H3,(H,17,18). The predicted octanol–water partition coefficient (Wildman–Crippen LogP) is 2.42. The molecular weight excluding hydrogens is 292 g/mol. The summed E-state index contributed by atoms with van der Waals surface area (Å²) in [6.45, 7) is 1.71. The molecule has 0 aliphatic heterocycles. The zero-order chi connectivity index (χ0) is 15.4. The van der Waals surface area contributed by atoms with Gasteiger partial charge in [-0.15, -0.1) is 0 Å². The van der Waals surface area contributed by atoms with Gasteiger partial charge in [0.25, 0.3) is 0 Å². The number of aryl methyl sites for hydroxylation is 1. The lowest BCUT2D eigenvalue weighted by atomic mass is 10.2. The summed E-state index contributed by atoms with van der Waals surface area (Å²) in [5.41, 5.74) is 1.10. The molecule has 0 saturated carbocycles. The van der Waals surface area contributed by atoms with Crippen molar-refractivity contribution in [1.82, 2.24) is 9.97 Å². The lowest BCUT2D eigenvalue weighted by molar-refractivity contribution is 0.0598. The summed E-state index contributed by atoms with van der Waals surface area (Å²) in [6.07, 6.45) is 1.43. The van der Waals surface area contributed by atoms with Crippen molar-refractivity contribution in [3.63, 3.8) is 0 Å². The van der Waals surface area contributed by atoms with Crippen molar-refractivity contribution in [2.24, 2.45) is 0 Å². The maximum absolute atomic E-state index is 11.5. The molecule has 1 N–H and O–H groups in total. The molecule has 0 spiro atoms. The Morgan fingerprint density at radius 1 is 1.24 bits per heavy atom. The van der Waals surface area contributed by atoms with E-state index in [0.717, 1.165) is 0 Å². The van der Waals surface area contributed by atoms with Gasteiger partial charge in [0.15, 0.2) is 0 Å². The molecule has 0 atom stereocenters. The fourth-order valence-electron chi connectivity index (χ4n) is 1.63. The number of hydrogen-bond acceptors (Lipinski definition) is 6. The number of carbonyl (C=O) groups is 2. The molecule has 0 aliphatic rings. The predicted molar refractivity (Wildman–Crippen MR) is 75.6 cm³/mol. The van der Waals surface area contributed by atoms with Crippen LogP contribution in [-0.2, 0) is 4.74 Å². The molecule has 2 aromatic heterocycles. The van der Waals surface area contributed by atoms with E-state index >= 15 is 0 Å². The minimum atomic E-state index is -1.01. The summed E-state index contributed by atoms with van der Waals surface area (Å²) in [7, 11) is 1.31. The Morgan fingerprint density at radius 2 is 2.00 bits per heavy atom. The Balaban J connectivity index is 2.24. The van der Waals surface area contributed by atoms with E-state index < -0.39 is 11.9 Å². The second kappa shape index (κ2) is 6.36. The van der Waals surface area contributed by atoms with Gasteiger partial charge in [0.1, 0.15) is 10.1 Å². The fourth-order valence-corrected chi connectivity index (χ4v) is 2.46. The van der Waals surface area contributed by atoms with Crippen molar-refractivity contribution in [1.29, 1.82) is 0 Å². The molecule has 108 valence electrons. The van der Waals surface area contributed by atoms with E-state index in [1.54, 1.807) is 19.1 Å². The minimum absolute atomic E-state index is 0.162. The molecule has 21 heavy (non-hydrogen) atoms. The third-order valence-electron chi connectivity index (χ3n) is 2.66. The van der Waals surface area contributed by atoms with Gasteiger partial charge in [0, 0.05) is 6.20 Å². The number of nitrogens with zero attached hydrogens (tertiary/aromatic N) is 2. The second-order valence-electron chi connectivity index (χ2n) is 4.06. The van der Waals surface area contributed by atoms with Crippen molar-refractivity contribution < 1.29 is 19.4 Å². The normalized spacial score (nSPS) is 10.2. The van der Waals surface area contributed by atoms with Crippen molar-refractivity contribution in [3.8, 4) is 0 Å². The van der Waals surface area contributed by atoms with Crippen molar-refractivity contribution >= 4 is 23.7 Å². The summed E-state index contributed by atoms with van der Waals surface area (Å²) < 4.78 is 4.65. The van der Waals surface area contributed by atoms with Crippen LogP contribution in [0.5, 0.6) is 0 Å². The molecule has 0 aliphatic carbocycles. The largest absolute Gasteiger partial charge is 0.478 e. The molecule has 0 saturated heterocycles. The van der Waals surface area contributed by atoms with Crippen LogP contribution in [0, 0.1) is 6.92 Å². The van der Waals surface area contributed by atoms with E-state index in [2.05, 4.69) is 14.7 Å². The van der Waals surface area contributed by atoms with Gasteiger partial charge in [0.2, 0.25) is 0 Å². The van der Waals surface area contributed by atoms with Gasteiger partial charge < -0.3 is 9.84 Å². The van der Waals surface area contributed by atoms with Gasteiger partial charge in [0.05, 0.1) is 23.9 Å². The second-order valence-corrected chi connectivity index (χ2v) is 5.10. The zero-order valence-corrected chi connectivity index (χ0v) is 12.2. The summed E-state index contributed by atoms with van der Waals surface area (Å²) in [5, 5.41) is 10.1. The number of carboxylic acid groups (broad SMARTS) is 1. The number of carboxylic acids is 1. The van der Waals surface area contributed by atoms with Crippen LogP contribution in [0.3, 0.4) is 0 Å². The highest BCUT2D eigenvalue weighted by atomic mass is 32.2. The van der Waals surface area contributed by atoms with Crippen LogP contribution >= 0.6 is 11.8 Å². The molecule has 0 fully saturated rings. The minimum Gasteiger partial charge on any atom is -0.478 e. The van der Waals surface area contributed by atoms with E-state index in [4.69, 9.17) is 5.11 Å². The molecule has 2 heterocycles. The van der Waals surface area contributed by atoms with Gasteiger partial charge in [-0.2, -0.15) is 0 Å². The van der Waals surface area contributed by atoms with E-state index in [1.807, 2.05) is 0 Å². The average Bonchev–Trinajstić information content (AvgIpc) is 2.47. The van der Waals surface area contributed by atoms with Crippen LogP contribution < -0.4 is 0 Å². The molecule has 2 rings (SSSR count). The molecule has 7 heteroatoms. The topological polar surface area (TPSA) is 89.4 Å². The van der Waals surface area contributed by atoms with Crippen LogP contribution in [-0.4, -0.2) is 34.1 Å². The summed E-state index contributed by atoms with van der Waals surface area (Å²) in [5.74, 6) is -1.45. The Labute approximate surface area is 125 Å². The molecule has 0 radical (unpaired) electrons.